The Morgan fingerprint density at radius 1 is 1.29 bits per heavy atom. The molecule has 0 amide bonds. The fraction of sp³-hybridized carbons (Fsp3) is 0.462. The lowest BCUT2D eigenvalue weighted by atomic mass is 10.2. The van der Waals surface area contributed by atoms with Gasteiger partial charge < -0.3 is 15.4 Å². The summed E-state index contributed by atoms with van der Waals surface area (Å²) in [5.41, 5.74) is 7.89. The van der Waals surface area contributed by atoms with Crippen molar-refractivity contribution in [1.82, 2.24) is 9.55 Å². The molecule has 4 heteroatoms. The second kappa shape index (κ2) is 5.80. The van der Waals surface area contributed by atoms with Crippen molar-refractivity contribution >= 4 is 11.0 Å². The highest BCUT2D eigenvalue weighted by atomic mass is 16.2. The Morgan fingerprint density at radius 3 is 2.94 bits per heavy atom. The van der Waals surface area contributed by atoms with Crippen LogP contribution < -0.4 is 5.73 Å². The minimum absolute atomic E-state index is 0.277. The topological polar surface area (TPSA) is 64.1 Å². The second-order valence-electron chi connectivity index (χ2n) is 4.21. The average Bonchev–Trinajstić information content (AvgIpc) is 2.73. The monoisotopic (exact) mass is 233 g/mol. The van der Waals surface area contributed by atoms with Gasteiger partial charge in [-0.15, -0.1) is 0 Å². The standard InChI is InChI=1S/C13H19N3O/c14-9-11-10-16(7-2-1-3-8-17)13-12(11)5-4-6-15-13/h4-6,10,17H,1-3,7-9,14H2. The molecule has 2 aromatic rings. The first-order valence-corrected chi connectivity index (χ1v) is 6.10. The number of nitrogens with two attached hydrogens (primary N) is 1. The summed E-state index contributed by atoms with van der Waals surface area (Å²) in [7, 11) is 0. The molecule has 0 saturated heterocycles. The molecule has 17 heavy (non-hydrogen) atoms. The molecule has 0 aliphatic rings. The zero-order valence-corrected chi connectivity index (χ0v) is 9.97. The van der Waals surface area contributed by atoms with Crippen molar-refractivity contribution in [2.75, 3.05) is 6.61 Å². The molecule has 0 unspecified atom stereocenters. The van der Waals surface area contributed by atoms with Crippen molar-refractivity contribution in [3.8, 4) is 0 Å². The third kappa shape index (κ3) is 2.65. The van der Waals surface area contributed by atoms with E-state index in [0.717, 1.165) is 42.4 Å². The van der Waals surface area contributed by atoms with E-state index >= 15 is 0 Å². The number of aromatic nitrogens is 2. The van der Waals surface area contributed by atoms with Gasteiger partial charge in [0.1, 0.15) is 5.65 Å². The third-order valence-corrected chi connectivity index (χ3v) is 2.99. The first-order valence-electron chi connectivity index (χ1n) is 6.10. The summed E-state index contributed by atoms with van der Waals surface area (Å²) in [4.78, 5) is 4.41. The van der Waals surface area contributed by atoms with Crippen LogP contribution in [0.2, 0.25) is 0 Å². The van der Waals surface area contributed by atoms with Gasteiger partial charge in [-0.3, -0.25) is 0 Å². The van der Waals surface area contributed by atoms with E-state index < -0.39 is 0 Å². The third-order valence-electron chi connectivity index (χ3n) is 2.99. The molecule has 0 radical (unpaired) electrons. The first kappa shape index (κ1) is 12.1. The predicted octanol–water partition coefficient (Wildman–Crippen LogP) is 1.66. The van der Waals surface area contributed by atoms with Gasteiger partial charge in [0.2, 0.25) is 0 Å². The SMILES string of the molecule is NCc1cn(CCCCCO)c2ncccc12. The summed E-state index contributed by atoms with van der Waals surface area (Å²) in [6, 6.07) is 4.01. The molecule has 0 saturated carbocycles. The minimum atomic E-state index is 0.277. The van der Waals surface area contributed by atoms with E-state index in [9.17, 15) is 0 Å². The molecule has 4 nitrogen and oxygen atoms in total. The van der Waals surface area contributed by atoms with Crippen LogP contribution in [-0.4, -0.2) is 21.3 Å². The minimum Gasteiger partial charge on any atom is -0.396 e. The molecule has 2 heterocycles. The summed E-state index contributed by atoms with van der Waals surface area (Å²) in [6.45, 7) is 1.76. The van der Waals surface area contributed by atoms with E-state index in [0.29, 0.717) is 6.54 Å². The molecule has 2 aromatic heterocycles. The normalized spacial score (nSPS) is 11.2. The van der Waals surface area contributed by atoms with Crippen LogP contribution in [-0.2, 0) is 13.1 Å². The number of hydrogen-bond acceptors (Lipinski definition) is 3. The number of nitrogens with zero attached hydrogens (tertiary/aromatic N) is 2. The number of pyridine rings is 1. The number of aryl methyl sites for hydroxylation is 1. The summed E-state index contributed by atoms with van der Waals surface area (Å²) in [5.74, 6) is 0. The van der Waals surface area contributed by atoms with E-state index in [2.05, 4.69) is 21.8 Å². The lowest BCUT2D eigenvalue weighted by Gasteiger charge is -2.03. The molecule has 2 rings (SSSR count). The summed E-state index contributed by atoms with van der Waals surface area (Å²) < 4.78 is 2.16. The zero-order valence-electron chi connectivity index (χ0n) is 9.97. The lowest BCUT2D eigenvalue weighted by molar-refractivity contribution is 0.282. The van der Waals surface area contributed by atoms with E-state index in [4.69, 9.17) is 10.8 Å². The Labute approximate surface area is 101 Å². The summed E-state index contributed by atoms with van der Waals surface area (Å²) >= 11 is 0. The fourth-order valence-corrected chi connectivity index (χ4v) is 2.10. The molecule has 0 fully saturated rings. The van der Waals surface area contributed by atoms with Gasteiger partial charge in [0, 0.05) is 37.5 Å². The number of unbranched alkanes of at least 4 members (excludes halogenated alkanes) is 2. The fourth-order valence-electron chi connectivity index (χ4n) is 2.10. The molecule has 0 aliphatic carbocycles. The lowest BCUT2D eigenvalue weighted by Crippen LogP contribution is -1.98. The van der Waals surface area contributed by atoms with Crippen LogP contribution in [0.3, 0.4) is 0 Å². The highest BCUT2D eigenvalue weighted by Crippen LogP contribution is 2.19. The number of aliphatic hydroxyl groups is 1. The van der Waals surface area contributed by atoms with Gasteiger partial charge in [-0.1, -0.05) is 0 Å². The van der Waals surface area contributed by atoms with Crippen molar-refractivity contribution in [3.63, 3.8) is 0 Å². The van der Waals surface area contributed by atoms with Gasteiger partial charge >= 0.3 is 0 Å². The molecular weight excluding hydrogens is 214 g/mol. The summed E-state index contributed by atoms with van der Waals surface area (Å²) in [6.07, 6.45) is 6.88. The van der Waals surface area contributed by atoms with Crippen LogP contribution >= 0.6 is 0 Å². The maximum absolute atomic E-state index is 8.74. The van der Waals surface area contributed by atoms with Crippen molar-refractivity contribution < 1.29 is 5.11 Å². The van der Waals surface area contributed by atoms with Crippen LogP contribution in [0.15, 0.2) is 24.5 Å². The Balaban J connectivity index is 2.16. The average molecular weight is 233 g/mol. The Hall–Kier alpha value is -1.39. The van der Waals surface area contributed by atoms with Gasteiger partial charge in [-0.05, 0) is 37.0 Å². The molecule has 0 atom stereocenters. The van der Waals surface area contributed by atoms with Crippen LogP contribution in [0.1, 0.15) is 24.8 Å². The van der Waals surface area contributed by atoms with Crippen molar-refractivity contribution in [2.45, 2.75) is 32.4 Å². The largest absolute Gasteiger partial charge is 0.396 e. The van der Waals surface area contributed by atoms with Crippen LogP contribution in [0.5, 0.6) is 0 Å². The van der Waals surface area contributed by atoms with Crippen LogP contribution in [0.4, 0.5) is 0 Å². The van der Waals surface area contributed by atoms with Gasteiger partial charge in [-0.2, -0.15) is 0 Å². The summed E-state index contributed by atoms with van der Waals surface area (Å²) in [5, 5.41) is 9.89. The number of hydrogen-bond donors (Lipinski definition) is 2. The highest BCUT2D eigenvalue weighted by Gasteiger charge is 2.07. The zero-order chi connectivity index (χ0) is 12.1. The molecule has 3 N–H and O–H groups in total. The van der Waals surface area contributed by atoms with Crippen LogP contribution in [0, 0.1) is 0 Å². The number of aliphatic hydroxyl groups excluding tert-OH is 1. The quantitative estimate of drug-likeness (QED) is 0.746. The second-order valence-corrected chi connectivity index (χ2v) is 4.21. The molecule has 0 aromatic carbocycles. The number of fused-ring (bicyclic) bond motifs is 1. The van der Waals surface area contributed by atoms with Gasteiger partial charge in [0.15, 0.2) is 0 Å². The smallest absolute Gasteiger partial charge is 0.140 e. The molecule has 0 bridgehead atoms. The predicted molar refractivity (Wildman–Crippen MR) is 68.6 cm³/mol. The van der Waals surface area contributed by atoms with Gasteiger partial charge in [-0.25, -0.2) is 4.98 Å². The maximum atomic E-state index is 8.74. The van der Waals surface area contributed by atoms with Crippen molar-refractivity contribution in [3.05, 3.63) is 30.1 Å². The molecule has 0 spiro atoms. The molecule has 92 valence electrons. The number of rotatable bonds is 6. The van der Waals surface area contributed by atoms with E-state index in [1.165, 1.54) is 0 Å². The Kier molecular flexibility index (Phi) is 4.12. The Bertz CT molecular complexity index is 478. The molecular formula is C13H19N3O. The Morgan fingerprint density at radius 2 is 2.18 bits per heavy atom. The van der Waals surface area contributed by atoms with Gasteiger partial charge in [0.05, 0.1) is 0 Å². The van der Waals surface area contributed by atoms with E-state index in [1.807, 2.05) is 12.3 Å². The van der Waals surface area contributed by atoms with Gasteiger partial charge in [0.25, 0.3) is 0 Å². The maximum Gasteiger partial charge on any atom is 0.140 e. The first-order chi connectivity index (χ1) is 8.36. The van der Waals surface area contributed by atoms with Crippen molar-refractivity contribution in [1.29, 1.82) is 0 Å². The molecule has 0 aliphatic heterocycles. The van der Waals surface area contributed by atoms with E-state index in [1.54, 1.807) is 0 Å². The van der Waals surface area contributed by atoms with E-state index in [-0.39, 0.29) is 6.61 Å². The highest BCUT2D eigenvalue weighted by molar-refractivity contribution is 5.80. The van der Waals surface area contributed by atoms with Crippen molar-refractivity contribution in [2.24, 2.45) is 5.73 Å². The van der Waals surface area contributed by atoms with Crippen LogP contribution in [0.25, 0.3) is 11.0 Å².